The van der Waals surface area contributed by atoms with E-state index >= 15 is 0 Å². The molecule has 1 amide bonds. The molecule has 1 aromatic carbocycles. The molecule has 0 radical (unpaired) electrons. The lowest BCUT2D eigenvalue weighted by atomic mass is 10.1. The van der Waals surface area contributed by atoms with Gasteiger partial charge in [-0.15, -0.1) is 0 Å². The second kappa shape index (κ2) is 5.26. The SMILES string of the molecule is CC(C)CN1Cc2cccc([N+](=O)[O-])c2OCC1=O. The minimum Gasteiger partial charge on any atom is -0.476 e. The molecule has 6 heteroatoms. The number of ether oxygens (including phenoxy) is 1. The van der Waals surface area contributed by atoms with Crippen LogP contribution in [0, 0.1) is 16.0 Å². The Morgan fingerprint density at radius 1 is 1.47 bits per heavy atom. The number of carbonyl (C=O) groups is 1. The number of nitro groups is 1. The molecule has 1 heterocycles. The van der Waals surface area contributed by atoms with E-state index < -0.39 is 4.92 Å². The van der Waals surface area contributed by atoms with Crippen molar-refractivity contribution in [2.24, 2.45) is 5.92 Å². The van der Waals surface area contributed by atoms with Gasteiger partial charge < -0.3 is 9.64 Å². The third-order valence-corrected chi connectivity index (χ3v) is 2.91. The van der Waals surface area contributed by atoms with Crippen molar-refractivity contribution in [2.75, 3.05) is 13.2 Å². The monoisotopic (exact) mass is 264 g/mol. The molecule has 0 aromatic heterocycles. The Morgan fingerprint density at radius 2 is 2.21 bits per heavy atom. The number of benzene rings is 1. The lowest BCUT2D eigenvalue weighted by Crippen LogP contribution is -2.35. The van der Waals surface area contributed by atoms with Gasteiger partial charge >= 0.3 is 5.69 Å². The molecule has 0 atom stereocenters. The third kappa shape index (κ3) is 2.83. The van der Waals surface area contributed by atoms with Crippen LogP contribution in [0.15, 0.2) is 18.2 Å². The molecule has 102 valence electrons. The molecule has 1 aromatic rings. The van der Waals surface area contributed by atoms with Crippen LogP contribution in [0.25, 0.3) is 0 Å². The quantitative estimate of drug-likeness (QED) is 0.618. The summed E-state index contributed by atoms with van der Waals surface area (Å²) < 4.78 is 5.33. The Kier molecular flexibility index (Phi) is 3.69. The standard InChI is InChI=1S/C13H16N2O4/c1-9(2)6-14-7-10-4-3-5-11(15(17)18)13(10)19-8-12(14)16/h3-5,9H,6-8H2,1-2H3. The van der Waals surface area contributed by atoms with Gasteiger partial charge in [-0.25, -0.2) is 0 Å². The van der Waals surface area contributed by atoms with Crippen LogP contribution in [-0.2, 0) is 11.3 Å². The van der Waals surface area contributed by atoms with Gasteiger partial charge in [0.15, 0.2) is 6.61 Å². The van der Waals surface area contributed by atoms with E-state index in [9.17, 15) is 14.9 Å². The van der Waals surface area contributed by atoms with Gasteiger partial charge in [0.1, 0.15) is 0 Å². The zero-order chi connectivity index (χ0) is 14.0. The second-order valence-corrected chi connectivity index (χ2v) is 4.98. The average Bonchev–Trinajstić information content (AvgIpc) is 2.49. The maximum atomic E-state index is 11.9. The minimum absolute atomic E-state index is 0.0864. The van der Waals surface area contributed by atoms with Gasteiger partial charge in [0.25, 0.3) is 5.91 Å². The number of para-hydroxylation sites is 1. The van der Waals surface area contributed by atoms with Crippen molar-refractivity contribution in [3.05, 3.63) is 33.9 Å². The summed E-state index contributed by atoms with van der Waals surface area (Å²) in [6.07, 6.45) is 0. The van der Waals surface area contributed by atoms with Gasteiger partial charge in [-0.05, 0) is 5.92 Å². The molecule has 0 aliphatic carbocycles. The van der Waals surface area contributed by atoms with Gasteiger partial charge in [0, 0.05) is 24.7 Å². The highest BCUT2D eigenvalue weighted by Gasteiger charge is 2.27. The summed E-state index contributed by atoms with van der Waals surface area (Å²) >= 11 is 0. The van der Waals surface area contributed by atoms with Gasteiger partial charge in [-0.2, -0.15) is 0 Å². The summed E-state index contributed by atoms with van der Waals surface area (Å²) in [5.74, 6) is 0.413. The van der Waals surface area contributed by atoms with Crippen LogP contribution in [0.1, 0.15) is 19.4 Å². The summed E-state index contributed by atoms with van der Waals surface area (Å²) in [5.41, 5.74) is 0.595. The Balaban J connectivity index is 2.35. The van der Waals surface area contributed by atoms with Crippen LogP contribution in [0.3, 0.4) is 0 Å². The van der Waals surface area contributed by atoms with Gasteiger partial charge in [0.05, 0.1) is 4.92 Å². The maximum absolute atomic E-state index is 11.9. The highest BCUT2D eigenvalue weighted by molar-refractivity contribution is 5.79. The van der Waals surface area contributed by atoms with E-state index in [1.165, 1.54) is 6.07 Å². The molecular weight excluding hydrogens is 248 g/mol. The van der Waals surface area contributed by atoms with Crippen molar-refractivity contribution in [3.8, 4) is 5.75 Å². The van der Waals surface area contributed by atoms with Gasteiger partial charge in [0.2, 0.25) is 5.75 Å². The fourth-order valence-electron chi connectivity index (χ4n) is 2.13. The van der Waals surface area contributed by atoms with E-state index in [-0.39, 0.29) is 24.0 Å². The fraction of sp³-hybridized carbons (Fsp3) is 0.462. The topological polar surface area (TPSA) is 72.7 Å². The van der Waals surface area contributed by atoms with E-state index in [4.69, 9.17) is 4.74 Å². The molecule has 0 unspecified atom stereocenters. The summed E-state index contributed by atoms with van der Waals surface area (Å²) in [7, 11) is 0. The van der Waals surface area contributed by atoms with Crippen LogP contribution in [-0.4, -0.2) is 28.9 Å². The predicted molar refractivity (Wildman–Crippen MR) is 68.8 cm³/mol. The molecule has 1 aliphatic heterocycles. The molecule has 0 saturated carbocycles. The second-order valence-electron chi connectivity index (χ2n) is 4.98. The van der Waals surface area contributed by atoms with Crippen molar-refractivity contribution in [1.29, 1.82) is 0 Å². The molecule has 0 saturated heterocycles. The molecule has 0 fully saturated rings. The summed E-state index contributed by atoms with van der Waals surface area (Å²) in [4.78, 5) is 24.1. The lowest BCUT2D eigenvalue weighted by Gasteiger charge is -2.21. The minimum atomic E-state index is -0.485. The van der Waals surface area contributed by atoms with Crippen LogP contribution >= 0.6 is 0 Å². The van der Waals surface area contributed by atoms with Crippen molar-refractivity contribution in [3.63, 3.8) is 0 Å². The van der Waals surface area contributed by atoms with E-state index in [1.54, 1.807) is 17.0 Å². The molecular formula is C13H16N2O4. The molecule has 0 spiro atoms. The molecule has 1 aliphatic rings. The molecule has 6 nitrogen and oxygen atoms in total. The Labute approximate surface area is 111 Å². The van der Waals surface area contributed by atoms with E-state index in [1.807, 2.05) is 13.8 Å². The van der Waals surface area contributed by atoms with E-state index in [2.05, 4.69) is 0 Å². The van der Waals surface area contributed by atoms with Crippen LogP contribution in [0.2, 0.25) is 0 Å². The normalized spacial score (nSPS) is 14.9. The average molecular weight is 264 g/mol. The highest BCUT2D eigenvalue weighted by Crippen LogP contribution is 2.33. The predicted octanol–water partition coefficient (Wildman–Crippen LogP) is 1.97. The van der Waals surface area contributed by atoms with Crippen molar-refractivity contribution in [1.82, 2.24) is 4.90 Å². The number of fused-ring (bicyclic) bond motifs is 1. The van der Waals surface area contributed by atoms with Crippen LogP contribution in [0.5, 0.6) is 5.75 Å². The third-order valence-electron chi connectivity index (χ3n) is 2.91. The maximum Gasteiger partial charge on any atom is 0.311 e. The van der Waals surface area contributed by atoms with Gasteiger partial charge in [-0.3, -0.25) is 14.9 Å². The first-order valence-electron chi connectivity index (χ1n) is 6.16. The highest BCUT2D eigenvalue weighted by atomic mass is 16.6. The van der Waals surface area contributed by atoms with Gasteiger partial charge in [-0.1, -0.05) is 26.0 Å². The summed E-state index contributed by atoms with van der Waals surface area (Å²) in [6, 6.07) is 4.76. The Bertz CT molecular complexity index is 513. The molecule has 19 heavy (non-hydrogen) atoms. The number of hydrogen-bond donors (Lipinski definition) is 0. The zero-order valence-corrected chi connectivity index (χ0v) is 11.0. The van der Waals surface area contributed by atoms with E-state index in [0.29, 0.717) is 24.6 Å². The smallest absolute Gasteiger partial charge is 0.311 e. The first kappa shape index (κ1) is 13.3. The largest absolute Gasteiger partial charge is 0.476 e. The number of nitro benzene ring substituents is 1. The van der Waals surface area contributed by atoms with Crippen molar-refractivity contribution >= 4 is 11.6 Å². The number of hydrogen-bond acceptors (Lipinski definition) is 4. The first-order chi connectivity index (χ1) is 8.99. The summed E-state index contributed by atoms with van der Waals surface area (Å²) in [6.45, 7) is 4.86. The number of amides is 1. The summed E-state index contributed by atoms with van der Waals surface area (Å²) in [5, 5.41) is 11.0. The molecule has 2 rings (SSSR count). The van der Waals surface area contributed by atoms with E-state index in [0.717, 1.165) is 0 Å². The van der Waals surface area contributed by atoms with Crippen LogP contribution < -0.4 is 4.74 Å². The van der Waals surface area contributed by atoms with Crippen molar-refractivity contribution < 1.29 is 14.5 Å². The lowest BCUT2D eigenvalue weighted by molar-refractivity contribution is -0.385. The first-order valence-corrected chi connectivity index (χ1v) is 6.16. The fourth-order valence-corrected chi connectivity index (χ4v) is 2.13. The number of carbonyl (C=O) groups excluding carboxylic acids is 1. The van der Waals surface area contributed by atoms with Crippen molar-refractivity contribution in [2.45, 2.75) is 20.4 Å². The molecule has 0 N–H and O–H groups in total. The number of nitrogens with zero attached hydrogens (tertiary/aromatic N) is 2. The zero-order valence-electron chi connectivity index (χ0n) is 11.0. The number of rotatable bonds is 3. The van der Waals surface area contributed by atoms with Crippen LogP contribution in [0.4, 0.5) is 5.69 Å². The molecule has 0 bridgehead atoms. The Hall–Kier alpha value is -2.11. The Morgan fingerprint density at radius 3 is 2.84 bits per heavy atom.